The van der Waals surface area contributed by atoms with Gasteiger partial charge in [0.1, 0.15) is 6.10 Å². The molecule has 0 spiro atoms. The highest BCUT2D eigenvalue weighted by atomic mass is 16.6. The van der Waals surface area contributed by atoms with Crippen LogP contribution in [0.4, 0.5) is 0 Å². The number of Topliss-reactive ketones (excluding diaryl/α,β-unsaturated/α-hetero) is 1. The number of pyridine rings is 1. The van der Waals surface area contributed by atoms with E-state index >= 15 is 0 Å². The van der Waals surface area contributed by atoms with Gasteiger partial charge in [-0.05, 0) is 31.9 Å². The fourth-order valence-corrected chi connectivity index (χ4v) is 3.53. The molecule has 0 bridgehead atoms. The smallest absolute Gasteiger partial charge is 0.330 e. The Hall–Kier alpha value is -2.62. The van der Waals surface area contributed by atoms with Crippen molar-refractivity contribution in [3.8, 4) is 0 Å². The third-order valence-electron chi connectivity index (χ3n) is 5.02. The topological polar surface area (TPSA) is 135 Å². The number of nitrogens with one attached hydrogen (secondary N) is 1. The predicted molar refractivity (Wildman–Crippen MR) is 99.0 cm³/mol. The Bertz CT molecular complexity index is 954. The molecule has 3 heterocycles. The van der Waals surface area contributed by atoms with E-state index in [1.807, 2.05) is 0 Å². The second kappa shape index (κ2) is 8.17. The van der Waals surface area contributed by atoms with Gasteiger partial charge < -0.3 is 14.9 Å². The molecule has 1 saturated heterocycles. The number of ether oxygens (including phenoxy) is 1. The first-order valence-electron chi connectivity index (χ1n) is 9.09. The first-order valence-corrected chi connectivity index (χ1v) is 9.09. The zero-order chi connectivity index (χ0) is 20.3. The van der Waals surface area contributed by atoms with E-state index in [1.54, 1.807) is 25.3 Å². The van der Waals surface area contributed by atoms with E-state index in [4.69, 9.17) is 4.74 Å². The molecule has 0 amide bonds. The molecule has 2 aromatic heterocycles. The Balaban J connectivity index is 1.84. The molecule has 1 fully saturated rings. The SMILES string of the molecule is Cc1cn([C@@]2(CCCC(=O)c3cccnc3)C[C@H](O)[C@@H](CO)O2)c(=O)[nH]c1=O. The third kappa shape index (κ3) is 3.96. The van der Waals surface area contributed by atoms with Crippen LogP contribution in [0.5, 0.6) is 0 Å². The maximum Gasteiger partial charge on any atom is 0.330 e. The first-order chi connectivity index (χ1) is 13.4. The summed E-state index contributed by atoms with van der Waals surface area (Å²) in [4.78, 5) is 42.6. The summed E-state index contributed by atoms with van der Waals surface area (Å²) in [6.45, 7) is 1.15. The fourth-order valence-electron chi connectivity index (χ4n) is 3.53. The molecule has 9 nitrogen and oxygen atoms in total. The summed E-state index contributed by atoms with van der Waals surface area (Å²) in [6.07, 6.45) is 3.52. The van der Waals surface area contributed by atoms with Crippen LogP contribution in [0.2, 0.25) is 0 Å². The lowest BCUT2D eigenvalue weighted by atomic mass is 9.97. The fraction of sp³-hybridized carbons (Fsp3) is 0.474. The molecule has 3 rings (SSSR count). The highest BCUT2D eigenvalue weighted by molar-refractivity contribution is 5.95. The summed E-state index contributed by atoms with van der Waals surface area (Å²) in [7, 11) is 0. The van der Waals surface area contributed by atoms with Crippen LogP contribution in [0.15, 0.2) is 40.3 Å². The van der Waals surface area contributed by atoms with Crippen molar-refractivity contribution in [3.05, 3.63) is 62.7 Å². The monoisotopic (exact) mass is 389 g/mol. The Morgan fingerprint density at radius 2 is 2.25 bits per heavy atom. The number of hydrogen-bond acceptors (Lipinski definition) is 7. The lowest BCUT2D eigenvalue weighted by molar-refractivity contribution is -0.124. The Morgan fingerprint density at radius 1 is 1.46 bits per heavy atom. The Labute approximate surface area is 160 Å². The van der Waals surface area contributed by atoms with Gasteiger partial charge in [-0.2, -0.15) is 0 Å². The molecule has 28 heavy (non-hydrogen) atoms. The zero-order valence-electron chi connectivity index (χ0n) is 15.5. The first kappa shape index (κ1) is 20.1. The molecule has 0 aliphatic carbocycles. The number of nitrogens with zero attached hydrogens (tertiary/aromatic N) is 2. The van der Waals surface area contributed by atoms with Gasteiger partial charge in [-0.3, -0.25) is 24.1 Å². The summed E-state index contributed by atoms with van der Waals surface area (Å²) in [5.74, 6) is -0.0921. The molecule has 0 radical (unpaired) electrons. The quantitative estimate of drug-likeness (QED) is 0.571. The molecule has 2 aromatic rings. The van der Waals surface area contributed by atoms with Crippen LogP contribution in [-0.4, -0.2) is 49.3 Å². The predicted octanol–water partition coefficient (Wildman–Crippen LogP) is 0.0881. The molecule has 1 aliphatic heterocycles. The van der Waals surface area contributed by atoms with E-state index in [9.17, 15) is 24.6 Å². The highest BCUT2D eigenvalue weighted by Gasteiger charge is 2.47. The second-order valence-electron chi connectivity index (χ2n) is 7.02. The van der Waals surface area contributed by atoms with Gasteiger partial charge in [-0.25, -0.2) is 4.79 Å². The number of rotatable bonds is 7. The molecule has 3 atom stereocenters. The van der Waals surface area contributed by atoms with Crippen molar-refractivity contribution in [2.24, 2.45) is 0 Å². The number of aliphatic hydroxyl groups excluding tert-OH is 2. The lowest BCUT2D eigenvalue weighted by Crippen LogP contribution is -2.45. The van der Waals surface area contributed by atoms with Crippen molar-refractivity contribution in [1.29, 1.82) is 0 Å². The van der Waals surface area contributed by atoms with Crippen molar-refractivity contribution < 1.29 is 19.7 Å². The van der Waals surface area contributed by atoms with Crippen molar-refractivity contribution in [3.63, 3.8) is 0 Å². The standard InChI is InChI=1S/C19H23N3O6/c1-12-10-22(18(27)21-17(12)26)19(8-15(25)16(11-23)28-19)6-2-5-14(24)13-4-3-7-20-9-13/h3-4,7,9-10,15-16,23,25H,2,5-6,8,11H2,1H3,(H,21,26,27)/t15-,16+,19+/m0/s1. The normalized spacial score (nSPS) is 24.4. The summed E-state index contributed by atoms with van der Waals surface area (Å²) >= 11 is 0. The Morgan fingerprint density at radius 3 is 2.89 bits per heavy atom. The molecular formula is C19H23N3O6. The van der Waals surface area contributed by atoms with E-state index in [0.717, 1.165) is 0 Å². The molecule has 0 saturated carbocycles. The molecule has 0 aromatic carbocycles. The molecule has 1 aliphatic rings. The van der Waals surface area contributed by atoms with Gasteiger partial charge in [0.05, 0.1) is 12.7 Å². The molecule has 0 unspecified atom stereocenters. The van der Waals surface area contributed by atoms with Crippen molar-refractivity contribution in [1.82, 2.24) is 14.5 Å². The van der Waals surface area contributed by atoms with Gasteiger partial charge in [0.25, 0.3) is 5.56 Å². The average Bonchev–Trinajstić information content (AvgIpc) is 3.01. The Kier molecular flexibility index (Phi) is 5.87. The highest BCUT2D eigenvalue weighted by Crippen LogP contribution is 2.38. The molecular weight excluding hydrogens is 366 g/mol. The molecule has 150 valence electrons. The molecule has 9 heteroatoms. The zero-order valence-corrected chi connectivity index (χ0v) is 15.5. The lowest BCUT2D eigenvalue weighted by Gasteiger charge is -2.31. The van der Waals surface area contributed by atoms with Gasteiger partial charge in [0, 0.05) is 42.6 Å². The largest absolute Gasteiger partial charge is 0.394 e. The maximum atomic E-state index is 12.4. The second-order valence-corrected chi connectivity index (χ2v) is 7.02. The van der Waals surface area contributed by atoms with Crippen LogP contribution in [0.25, 0.3) is 0 Å². The van der Waals surface area contributed by atoms with Crippen LogP contribution in [0.1, 0.15) is 41.6 Å². The summed E-state index contributed by atoms with van der Waals surface area (Å²) in [5.41, 5.74) is -1.61. The van der Waals surface area contributed by atoms with E-state index in [0.29, 0.717) is 17.5 Å². The summed E-state index contributed by atoms with van der Waals surface area (Å²) in [5, 5.41) is 19.7. The van der Waals surface area contributed by atoms with E-state index in [-0.39, 0.29) is 25.0 Å². The van der Waals surface area contributed by atoms with Gasteiger partial charge in [-0.15, -0.1) is 0 Å². The minimum absolute atomic E-state index is 0.0602. The number of aromatic nitrogens is 3. The summed E-state index contributed by atoms with van der Waals surface area (Å²) in [6, 6.07) is 3.36. The van der Waals surface area contributed by atoms with Crippen LogP contribution in [0.3, 0.4) is 0 Å². The van der Waals surface area contributed by atoms with Crippen molar-refractivity contribution in [2.45, 2.75) is 50.5 Å². The van der Waals surface area contributed by atoms with Gasteiger partial charge in [0.2, 0.25) is 0 Å². The minimum atomic E-state index is -1.26. The number of H-pyrrole nitrogens is 1. The number of carbonyl (C=O) groups excluding carboxylic acids is 1. The van der Waals surface area contributed by atoms with E-state index in [2.05, 4.69) is 9.97 Å². The van der Waals surface area contributed by atoms with Gasteiger partial charge in [0.15, 0.2) is 11.5 Å². The average molecular weight is 389 g/mol. The van der Waals surface area contributed by atoms with Crippen LogP contribution in [-0.2, 0) is 10.5 Å². The van der Waals surface area contributed by atoms with Crippen molar-refractivity contribution in [2.75, 3.05) is 6.61 Å². The van der Waals surface area contributed by atoms with Crippen LogP contribution >= 0.6 is 0 Å². The van der Waals surface area contributed by atoms with E-state index < -0.39 is 35.8 Å². The van der Waals surface area contributed by atoms with Gasteiger partial charge in [-0.1, -0.05) is 0 Å². The molecule has 3 N–H and O–H groups in total. The number of ketones is 1. The number of carbonyl (C=O) groups is 1. The van der Waals surface area contributed by atoms with Crippen molar-refractivity contribution >= 4 is 5.78 Å². The number of aromatic amines is 1. The summed E-state index contributed by atoms with van der Waals surface area (Å²) < 4.78 is 7.12. The third-order valence-corrected chi connectivity index (χ3v) is 5.02. The van der Waals surface area contributed by atoms with Crippen LogP contribution in [0, 0.1) is 6.92 Å². The maximum absolute atomic E-state index is 12.4. The van der Waals surface area contributed by atoms with Crippen LogP contribution < -0.4 is 11.2 Å². The number of aliphatic hydroxyl groups is 2. The minimum Gasteiger partial charge on any atom is -0.394 e. The van der Waals surface area contributed by atoms with E-state index in [1.165, 1.54) is 17.0 Å². The number of hydrogen-bond donors (Lipinski definition) is 3. The number of aryl methyl sites for hydroxylation is 1. The van der Waals surface area contributed by atoms with Gasteiger partial charge >= 0.3 is 5.69 Å².